The van der Waals surface area contributed by atoms with Gasteiger partial charge in [-0.05, 0) is 126 Å². The minimum Gasteiger partial charge on any atom is -0.478 e. The summed E-state index contributed by atoms with van der Waals surface area (Å²) in [5.74, 6) is -1.63. The van der Waals surface area contributed by atoms with Crippen LogP contribution >= 0.6 is 12.4 Å². The van der Waals surface area contributed by atoms with Crippen molar-refractivity contribution in [3.05, 3.63) is 110 Å². The first kappa shape index (κ1) is 29.6. The molecular weight excluding hydrogens is 535 g/mol. The van der Waals surface area contributed by atoms with Crippen LogP contribution in [-0.2, 0) is 6.42 Å². The average Bonchev–Trinajstić information content (AvgIpc) is 3.06. The van der Waals surface area contributed by atoms with Crippen LogP contribution in [-0.4, -0.2) is 42.3 Å². The molecule has 0 amide bonds. The van der Waals surface area contributed by atoms with Gasteiger partial charge in [0.25, 0.3) is 0 Å². The molecule has 40 heavy (non-hydrogen) atoms. The SMILES string of the molecule is Cc1cc(F)ccc1C1=C(c2cc(F)c(C=C3CN(CCCF)C3)cc2C)c2ccc(C(=O)O)cc2CCC1.Cl. The van der Waals surface area contributed by atoms with E-state index in [0.29, 0.717) is 31.4 Å². The van der Waals surface area contributed by atoms with E-state index < -0.39 is 5.97 Å². The van der Waals surface area contributed by atoms with Gasteiger partial charge in [0, 0.05) is 25.2 Å². The number of rotatable bonds is 7. The summed E-state index contributed by atoms with van der Waals surface area (Å²) in [6.45, 7) is 5.65. The zero-order valence-electron chi connectivity index (χ0n) is 22.7. The number of likely N-dealkylation sites (tertiary alicyclic amines) is 1. The van der Waals surface area contributed by atoms with Crippen molar-refractivity contribution in [2.75, 3.05) is 26.3 Å². The normalized spacial score (nSPS) is 15.2. The van der Waals surface area contributed by atoms with Crippen molar-refractivity contribution in [2.24, 2.45) is 0 Å². The zero-order valence-corrected chi connectivity index (χ0v) is 23.5. The van der Waals surface area contributed by atoms with E-state index in [0.717, 1.165) is 69.6 Å². The number of carboxylic acids is 1. The first-order chi connectivity index (χ1) is 18.7. The van der Waals surface area contributed by atoms with Crippen molar-refractivity contribution in [1.29, 1.82) is 0 Å². The maximum atomic E-state index is 15.7. The van der Waals surface area contributed by atoms with E-state index in [2.05, 4.69) is 4.90 Å². The average molecular weight is 568 g/mol. The van der Waals surface area contributed by atoms with Crippen LogP contribution in [0.5, 0.6) is 0 Å². The van der Waals surface area contributed by atoms with E-state index in [1.807, 2.05) is 32.1 Å². The van der Waals surface area contributed by atoms with Crippen molar-refractivity contribution < 1.29 is 23.1 Å². The molecule has 0 radical (unpaired) electrons. The lowest BCUT2D eigenvalue weighted by Crippen LogP contribution is -2.40. The lowest BCUT2D eigenvalue weighted by Gasteiger charge is -2.33. The Morgan fingerprint density at radius 1 is 0.950 bits per heavy atom. The molecule has 1 fully saturated rings. The van der Waals surface area contributed by atoms with Gasteiger partial charge in [-0.2, -0.15) is 0 Å². The quantitative estimate of drug-likeness (QED) is 0.314. The number of allylic oxidation sites excluding steroid dienone is 1. The minimum absolute atomic E-state index is 0. The van der Waals surface area contributed by atoms with Crippen LogP contribution in [0, 0.1) is 25.5 Å². The van der Waals surface area contributed by atoms with E-state index >= 15 is 4.39 Å². The fourth-order valence-corrected chi connectivity index (χ4v) is 5.83. The second-order valence-electron chi connectivity index (χ2n) is 10.6. The first-order valence-electron chi connectivity index (χ1n) is 13.4. The third kappa shape index (κ3) is 6.03. The molecule has 3 nitrogen and oxygen atoms in total. The summed E-state index contributed by atoms with van der Waals surface area (Å²) in [5, 5.41) is 9.58. The predicted octanol–water partition coefficient (Wildman–Crippen LogP) is 8.06. The van der Waals surface area contributed by atoms with Crippen LogP contribution in [0.4, 0.5) is 13.2 Å². The number of hydrogen-bond acceptors (Lipinski definition) is 2. The summed E-state index contributed by atoms with van der Waals surface area (Å²) in [5.41, 5.74) is 8.88. The molecule has 1 N–H and O–H groups in total. The Hall–Kier alpha value is -3.35. The number of halogens is 4. The number of hydrogen-bond donors (Lipinski definition) is 1. The van der Waals surface area contributed by atoms with Gasteiger partial charge in [0.2, 0.25) is 0 Å². The molecule has 1 heterocycles. The second-order valence-corrected chi connectivity index (χ2v) is 10.6. The summed E-state index contributed by atoms with van der Waals surface area (Å²) in [7, 11) is 0. The molecule has 1 aliphatic heterocycles. The Kier molecular flexibility index (Phi) is 9.22. The summed E-state index contributed by atoms with van der Waals surface area (Å²) < 4.78 is 42.1. The van der Waals surface area contributed by atoms with Crippen LogP contribution in [0.2, 0.25) is 0 Å². The Morgan fingerprint density at radius 2 is 1.68 bits per heavy atom. The van der Waals surface area contributed by atoms with Crippen molar-refractivity contribution in [3.63, 3.8) is 0 Å². The third-order valence-electron chi connectivity index (χ3n) is 7.74. The van der Waals surface area contributed by atoms with E-state index in [1.165, 1.54) is 12.1 Å². The Morgan fingerprint density at radius 3 is 2.38 bits per heavy atom. The van der Waals surface area contributed by atoms with Gasteiger partial charge in [0.05, 0.1) is 12.2 Å². The number of fused-ring (bicyclic) bond motifs is 1. The predicted molar refractivity (Wildman–Crippen MR) is 157 cm³/mol. The number of nitrogens with zero attached hydrogens (tertiary/aromatic N) is 1. The summed E-state index contributed by atoms with van der Waals surface area (Å²) in [4.78, 5) is 13.8. The number of aryl methyl sites for hydroxylation is 3. The molecule has 0 aromatic heterocycles. The van der Waals surface area contributed by atoms with E-state index in [9.17, 15) is 18.7 Å². The molecule has 5 rings (SSSR count). The molecule has 7 heteroatoms. The van der Waals surface area contributed by atoms with Gasteiger partial charge in [-0.3, -0.25) is 9.29 Å². The molecule has 3 aromatic carbocycles. The highest BCUT2D eigenvalue weighted by atomic mass is 35.5. The fraction of sp³-hybridized carbons (Fsp3) is 0.303. The zero-order chi connectivity index (χ0) is 27.7. The molecule has 2 aliphatic rings. The molecule has 0 spiro atoms. The number of benzene rings is 3. The Balaban J connectivity index is 0.00000370. The number of aromatic carboxylic acids is 1. The van der Waals surface area contributed by atoms with Crippen LogP contribution in [0.15, 0.2) is 54.1 Å². The number of alkyl halides is 1. The molecule has 0 saturated carbocycles. The van der Waals surface area contributed by atoms with E-state index in [-0.39, 0.29) is 36.3 Å². The van der Waals surface area contributed by atoms with Crippen LogP contribution in [0.25, 0.3) is 17.2 Å². The molecule has 1 saturated heterocycles. The van der Waals surface area contributed by atoms with Gasteiger partial charge in [-0.1, -0.05) is 18.2 Å². The molecule has 0 unspecified atom stereocenters. The van der Waals surface area contributed by atoms with Crippen molar-refractivity contribution >= 4 is 35.6 Å². The van der Waals surface area contributed by atoms with Crippen LogP contribution in [0.1, 0.15) is 68.6 Å². The van der Waals surface area contributed by atoms with Gasteiger partial charge in [0.1, 0.15) is 11.6 Å². The molecular formula is C33H33ClF3NO2. The highest BCUT2D eigenvalue weighted by molar-refractivity contribution is 6.02. The summed E-state index contributed by atoms with van der Waals surface area (Å²) >= 11 is 0. The van der Waals surface area contributed by atoms with E-state index in [1.54, 1.807) is 24.3 Å². The number of carbonyl (C=O) groups is 1. The largest absolute Gasteiger partial charge is 0.478 e. The third-order valence-corrected chi connectivity index (χ3v) is 7.74. The van der Waals surface area contributed by atoms with Crippen molar-refractivity contribution in [1.82, 2.24) is 4.90 Å². The molecule has 210 valence electrons. The van der Waals surface area contributed by atoms with Gasteiger partial charge in [-0.15, -0.1) is 12.4 Å². The van der Waals surface area contributed by atoms with E-state index in [4.69, 9.17) is 0 Å². The van der Waals surface area contributed by atoms with Crippen LogP contribution < -0.4 is 0 Å². The van der Waals surface area contributed by atoms with Gasteiger partial charge >= 0.3 is 5.97 Å². The summed E-state index contributed by atoms with van der Waals surface area (Å²) in [6, 6.07) is 13.3. The Labute approximate surface area is 239 Å². The Bertz CT molecular complexity index is 1500. The number of carboxylic acid groups (broad SMARTS) is 1. The van der Waals surface area contributed by atoms with Crippen molar-refractivity contribution in [3.8, 4) is 0 Å². The van der Waals surface area contributed by atoms with Crippen LogP contribution in [0.3, 0.4) is 0 Å². The van der Waals surface area contributed by atoms with Crippen molar-refractivity contribution in [2.45, 2.75) is 39.5 Å². The topological polar surface area (TPSA) is 40.5 Å². The second kappa shape index (κ2) is 12.4. The maximum absolute atomic E-state index is 15.7. The molecule has 0 atom stereocenters. The highest BCUT2D eigenvalue weighted by Crippen LogP contribution is 2.42. The van der Waals surface area contributed by atoms with Gasteiger partial charge in [-0.25, -0.2) is 13.6 Å². The molecule has 1 aliphatic carbocycles. The molecule has 3 aromatic rings. The smallest absolute Gasteiger partial charge is 0.335 e. The fourth-order valence-electron chi connectivity index (χ4n) is 5.83. The summed E-state index contributed by atoms with van der Waals surface area (Å²) in [6.07, 6.45) is 4.57. The lowest BCUT2D eigenvalue weighted by atomic mass is 9.84. The standard InChI is InChI=1S/C33H32F3NO2.ClH/c1-20-13-25(15-22-18-37(19-22)12-4-11-34)31(36)17-30(20)32-28-9-7-24(33(38)39)16-23(28)5-3-6-29(32)27-10-8-26(35)14-21(27)2;/h7-10,13-17H,3-6,11-12,18-19H2,1-2H3,(H,38,39);1H. The highest BCUT2D eigenvalue weighted by Gasteiger charge is 2.25. The van der Waals surface area contributed by atoms with Gasteiger partial charge in [0.15, 0.2) is 0 Å². The monoisotopic (exact) mass is 567 g/mol. The lowest BCUT2D eigenvalue weighted by molar-refractivity contribution is 0.0696. The maximum Gasteiger partial charge on any atom is 0.335 e. The minimum atomic E-state index is -0.985. The van der Waals surface area contributed by atoms with Gasteiger partial charge < -0.3 is 5.11 Å². The molecule has 0 bridgehead atoms. The first-order valence-corrected chi connectivity index (χ1v) is 13.4.